The number of fused-ring (bicyclic) bond motifs is 1. The van der Waals surface area contributed by atoms with Crippen LogP contribution in [-0.2, 0) is 4.79 Å². The Morgan fingerprint density at radius 2 is 1.96 bits per heavy atom. The second kappa shape index (κ2) is 6.47. The van der Waals surface area contributed by atoms with Crippen LogP contribution in [0.25, 0.3) is 20.7 Å². The highest BCUT2D eigenvalue weighted by Crippen LogP contribution is 2.35. The van der Waals surface area contributed by atoms with Crippen molar-refractivity contribution in [3.8, 4) is 10.6 Å². The lowest BCUT2D eigenvalue weighted by Crippen LogP contribution is -2.27. The van der Waals surface area contributed by atoms with Crippen LogP contribution in [-0.4, -0.2) is 10.9 Å². The second-order valence-electron chi connectivity index (χ2n) is 6.53. The number of carbonyl (C=O) groups is 1. The Labute approximate surface area is 158 Å². The molecular formula is C18H16BrClN2OS. The fourth-order valence-corrected chi connectivity index (χ4v) is 3.89. The Hall–Kier alpha value is -1.43. The number of anilines is 1. The number of pyridine rings is 1. The van der Waals surface area contributed by atoms with E-state index >= 15 is 0 Å². The molecule has 0 saturated carbocycles. The predicted molar refractivity (Wildman–Crippen MR) is 106 cm³/mol. The fraction of sp³-hybridized carbons (Fsp3) is 0.222. The zero-order chi connectivity index (χ0) is 17.5. The van der Waals surface area contributed by atoms with Gasteiger partial charge in [-0.1, -0.05) is 54.4 Å². The number of halogens is 2. The summed E-state index contributed by atoms with van der Waals surface area (Å²) in [4.78, 5) is 17.6. The average molecular weight is 424 g/mol. The molecule has 2 heterocycles. The van der Waals surface area contributed by atoms with Gasteiger partial charge in [-0.3, -0.25) is 4.79 Å². The summed E-state index contributed by atoms with van der Waals surface area (Å²) >= 11 is 11.4. The van der Waals surface area contributed by atoms with Crippen LogP contribution in [0, 0.1) is 5.41 Å². The monoisotopic (exact) mass is 422 g/mol. The van der Waals surface area contributed by atoms with Crippen molar-refractivity contribution < 1.29 is 4.79 Å². The molecule has 124 valence electrons. The SMILES string of the molecule is CC(C)(C)C(=O)Nc1ccc(-c2cc3ccc(Br)cc3s2)nc1Cl. The maximum atomic E-state index is 12.1. The molecular weight excluding hydrogens is 408 g/mol. The Morgan fingerprint density at radius 3 is 2.62 bits per heavy atom. The smallest absolute Gasteiger partial charge is 0.229 e. The van der Waals surface area contributed by atoms with Crippen LogP contribution in [0.5, 0.6) is 0 Å². The van der Waals surface area contributed by atoms with Gasteiger partial charge in [0.05, 0.1) is 16.3 Å². The number of thiophene rings is 1. The Balaban J connectivity index is 1.92. The average Bonchev–Trinajstić information content (AvgIpc) is 2.91. The molecule has 0 radical (unpaired) electrons. The van der Waals surface area contributed by atoms with E-state index in [4.69, 9.17) is 11.6 Å². The quantitative estimate of drug-likeness (QED) is 0.487. The lowest BCUT2D eigenvalue weighted by Gasteiger charge is -2.18. The molecule has 24 heavy (non-hydrogen) atoms. The van der Waals surface area contributed by atoms with Gasteiger partial charge in [0, 0.05) is 14.6 Å². The molecule has 0 fully saturated rings. The van der Waals surface area contributed by atoms with Crippen molar-refractivity contribution in [2.45, 2.75) is 20.8 Å². The number of aromatic nitrogens is 1. The van der Waals surface area contributed by atoms with E-state index in [1.165, 1.54) is 10.1 Å². The van der Waals surface area contributed by atoms with Gasteiger partial charge in [-0.15, -0.1) is 11.3 Å². The molecule has 1 aromatic carbocycles. The van der Waals surface area contributed by atoms with E-state index in [9.17, 15) is 4.79 Å². The van der Waals surface area contributed by atoms with Crippen LogP contribution in [0.15, 0.2) is 40.9 Å². The molecule has 0 spiro atoms. The van der Waals surface area contributed by atoms with Gasteiger partial charge < -0.3 is 5.32 Å². The minimum atomic E-state index is -0.485. The Kier molecular flexibility index (Phi) is 4.69. The van der Waals surface area contributed by atoms with Crippen molar-refractivity contribution in [1.29, 1.82) is 0 Å². The molecule has 1 N–H and O–H groups in total. The van der Waals surface area contributed by atoms with E-state index in [1.54, 1.807) is 17.4 Å². The Morgan fingerprint density at radius 1 is 1.21 bits per heavy atom. The first-order valence-corrected chi connectivity index (χ1v) is 9.40. The van der Waals surface area contributed by atoms with Gasteiger partial charge in [0.25, 0.3) is 0 Å². The van der Waals surface area contributed by atoms with Crippen LogP contribution < -0.4 is 5.32 Å². The van der Waals surface area contributed by atoms with Gasteiger partial charge in [0.15, 0.2) is 5.15 Å². The van der Waals surface area contributed by atoms with Crippen LogP contribution in [0.4, 0.5) is 5.69 Å². The first-order chi connectivity index (χ1) is 11.2. The van der Waals surface area contributed by atoms with Crippen molar-refractivity contribution in [2.24, 2.45) is 5.41 Å². The van der Waals surface area contributed by atoms with Gasteiger partial charge in [0.1, 0.15) is 0 Å². The number of nitrogens with one attached hydrogen (secondary N) is 1. The largest absolute Gasteiger partial charge is 0.323 e. The van der Waals surface area contributed by atoms with Gasteiger partial charge in [-0.25, -0.2) is 4.98 Å². The number of benzene rings is 1. The summed E-state index contributed by atoms with van der Waals surface area (Å²) in [6.45, 7) is 5.56. The maximum Gasteiger partial charge on any atom is 0.229 e. The topological polar surface area (TPSA) is 42.0 Å². The molecule has 0 bridgehead atoms. The third kappa shape index (κ3) is 3.63. The van der Waals surface area contributed by atoms with Crippen LogP contribution in [0.1, 0.15) is 20.8 Å². The summed E-state index contributed by atoms with van der Waals surface area (Å²) in [5.41, 5.74) is 0.844. The third-order valence-corrected chi connectivity index (χ3v) is 5.41. The minimum absolute atomic E-state index is 0.0920. The number of carbonyl (C=O) groups excluding carboxylic acids is 1. The first-order valence-electron chi connectivity index (χ1n) is 7.41. The number of hydrogen-bond donors (Lipinski definition) is 1. The van der Waals surface area contributed by atoms with Gasteiger partial charge in [-0.2, -0.15) is 0 Å². The molecule has 0 atom stereocenters. The van der Waals surface area contributed by atoms with Crippen LogP contribution in [0.2, 0.25) is 5.15 Å². The number of hydrogen-bond acceptors (Lipinski definition) is 3. The van der Waals surface area contributed by atoms with Gasteiger partial charge in [-0.05, 0) is 35.7 Å². The molecule has 0 aliphatic carbocycles. The molecule has 6 heteroatoms. The second-order valence-corrected chi connectivity index (χ2v) is 8.89. The van der Waals surface area contributed by atoms with Gasteiger partial charge >= 0.3 is 0 Å². The molecule has 0 aliphatic heterocycles. The van der Waals surface area contributed by atoms with Crippen molar-refractivity contribution in [1.82, 2.24) is 4.98 Å². The zero-order valence-electron chi connectivity index (χ0n) is 13.5. The highest BCUT2D eigenvalue weighted by Gasteiger charge is 2.22. The van der Waals surface area contributed by atoms with Crippen LogP contribution >= 0.6 is 38.9 Å². The summed E-state index contributed by atoms with van der Waals surface area (Å²) in [6.07, 6.45) is 0. The highest BCUT2D eigenvalue weighted by molar-refractivity contribution is 9.10. The molecule has 3 rings (SSSR count). The summed E-state index contributed by atoms with van der Waals surface area (Å²) in [5.74, 6) is -0.0920. The lowest BCUT2D eigenvalue weighted by atomic mass is 9.95. The maximum absolute atomic E-state index is 12.1. The summed E-state index contributed by atoms with van der Waals surface area (Å²) in [5, 5.41) is 4.29. The summed E-state index contributed by atoms with van der Waals surface area (Å²) in [6, 6.07) is 11.9. The molecule has 1 amide bonds. The lowest BCUT2D eigenvalue weighted by molar-refractivity contribution is -0.123. The van der Waals surface area contributed by atoms with E-state index < -0.39 is 5.41 Å². The molecule has 0 saturated heterocycles. The molecule has 3 nitrogen and oxygen atoms in total. The first kappa shape index (κ1) is 17.4. The molecule has 3 aromatic rings. The summed E-state index contributed by atoms with van der Waals surface area (Å²) < 4.78 is 2.23. The van der Waals surface area contributed by atoms with E-state index in [2.05, 4.69) is 44.4 Å². The van der Waals surface area contributed by atoms with Crippen LogP contribution in [0.3, 0.4) is 0 Å². The van der Waals surface area contributed by atoms with Gasteiger partial charge in [0.2, 0.25) is 5.91 Å². The normalized spacial score (nSPS) is 11.7. The minimum Gasteiger partial charge on any atom is -0.323 e. The standard InChI is InChI=1S/C18H16BrClN2OS/c1-18(2,3)17(23)22-13-7-6-12(21-16(13)20)15-8-10-4-5-11(19)9-14(10)24-15/h4-9H,1-3H3,(H,22,23). The van der Waals surface area contributed by atoms with E-state index in [-0.39, 0.29) is 5.91 Å². The fourth-order valence-electron chi connectivity index (χ4n) is 2.11. The van der Waals surface area contributed by atoms with Crippen molar-refractivity contribution in [2.75, 3.05) is 5.32 Å². The zero-order valence-corrected chi connectivity index (χ0v) is 16.6. The number of rotatable bonds is 2. The van der Waals surface area contributed by atoms with E-state index in [1.807, 2.05) is 32.9 Å². The molecule has 0 aliphatic rings. The van der Waals surface area contributed by atoms with E-state index in [0.717, 1.165) is 15.0 Å². The molecule has 2 aromatic heterocycles. The number of amides is 1. The van der Waals surface area contributed by atoms with Crippen molar-refractivity contribution in [3.63, 3.8) is 0 Å². The van der Waals surface area contributed by atoms with Crippen molar-refractivity contribution >= 4 is 60.5 Å². The predicted octanol–water partition coefficient (Wildman–Crippen LogP) is 6.36. The van der Waals surface area contributed by atoms with E-state index in [0.29, 0.717) is 10.8 Å². The number of nitrogens with zero attached hydrogens (tertiary/aromatic N) is 1. The Bertz CT molecular complexity index is 930. The highest BCUT2D eigenvalue weighted by atomic mass is 79.9. The summed E-state index contributed by atoms with van der Waals surface area (Å²) in [7, 11) is 0. The van der Waals surface area contributed by atoms with Crippen molar-refractivity contribution in [3.05, 3.63) is 46.0 Å². The third-order valence-electron chi connectivity index (χ3n) is 3.51. The molecule has 0 unspecified atom stereocenters.